The first-order valence-electron chi connectivity index (χ1n) is 7.10. The number of halogens is 1. The van der Waals surface area contributed by atoms with E-state index in [0.29, 0.717) is 21.4 Å². The van der Waals surface area contributed by atoms with Crippen molar-refractivity contribution in [2.75, 3.05) is 5.73 Å². The summed E-state index contributed by atoms with van der Waals surface area (Å²) in [5, 5.41) is 22.4. The number of aromatic amines is 1. The molecule has 25 heavy (non-hydrogen) atoms. The third-order valence-corrected chi connectivity index (χ3v) is 5.56. The molecule has 122 valence electrons. The lowest BCUT2D eigenvalue weighted by atomic mass is 10.2. The number of rotatable bonds is 4. The van der Waals surface area contributed by atoms with Gasteiger partial charge in [0, 0.05) is 21.7 Å². The van der Waals surface area contributed by atoms with Crippen molar-refractivity contribution < 1.29 is 4.98 Å². The molecule has 0 fully saturated rings. The highest BCUT2D eigenvalue weighted by Gasteiger charge is 2.15. The van der Waals surface area contributed by atoms with Crippen LogP contribution in [0.4, 0.5) is 5.82 Å². The highest BCUT2D eigenvalue weighted by atomic mass is 35.5. The van der Waals surface area contributed by atoms with E-state index in [1.807, 2.05) is 35.7 Å². The Balaban J connectivity index is 1.77. The Morgan fingerprint density at radius 3 is 2.60 bits per heavy atom. The van der Waals surface area contributed by atoms with E-state index >= 15 is 0 Å². The Hall–Kier alpha value is -2.58. The van der Waals surface area contributed by atoms with Crippen molar-refractivity contribution in [3.63, 3.8) is 0 Å². The molecule has 0 radical (unpaired) electrons. The molecule has 0 bridgehead atoms. The lowest BCUT2D eigenvalue weighted by Gasteiger charge is -2.01. The maximum Gasteiger partial charge on any atom is 0.289 e. The van der Waals surface area contributed by atoms with Gasteiger partial charge >= 0.3 is 0 Å². The Labute approximate surface area is 157 Å². The first-order valence-corrected chi connectivity index (χ1v) is 9.34. The number of hydrogen-bond donors (Lipinski definition) is 1. The third-order valence-electron chi connectivity index (χ3n) is 3.32. The molecule has 3 N–H and O–H groups in total. The van der Waals surface area contributed by atoms with Crippen LogP contribution in [0.2, 0.25) is 5.02 Å². The molecule has 0 unspecified atom stereocenters. The molecule has 0 saturated heterocycles. The topological polar surface area (TPSA) is 101 Å². The van der Waals surface area contributed by atoms with Gasteiger partial charge < -0.3 is 0 Å². The number of benzene rings is 1. The Morgan fingerprint density at radius 1 is 1.20 bits per heavy atom. The van der Waals surface area contributed by atoms with Gasteiger partial charge in [0.1, 0.15) is 28.3 Å². The van der Waals surface area contributed by atoms with Gasteiger partial charge in [-0.15, -0.1) is 11.3 Å². The molecule has 0 aliphatic carbocycles. The number of thioether (sulfide) groups is 1. The number of nitrogens with one attached hydrogen (secondary N) is 1. The summed E-state index contributed by atoms with van der Waals surface area (Å²) in [6.07, 6.45) is 0. The normalized spacial score (nSPS) is 10.2. The fourth-order valence-electron chi connectivity index (χ4n) is 2.08. The van der Waals surface area contributed by atoms with E-state index in [-0.39, 0.29) is 11.4 Å². The minimum atomic E-state index is 0.254. The lowest BCUT2D eigenvalue weighted by molar-refractivity contribution is -0.410. The maximum absolute atomic E-state index is 9.24. The van der Waals surface area contributed by atoms with Crippen molar-refractivity contribution in [1.29, 1.82) is 10.5 Å². The van der Waals surface area contributed by atoms with Crippen LogP contribution in [0, 0.1) is 22.7 Å². The number of nitrogens with zero attached hydrogens (tertiary/aromatic N) is 3. The quantitative estimate of drug-likeness (QED) is 0.687. The monoisotopic (exact) mass is 384 g/mol. The van der Waals surface area contributed by atoms with Crippen molar-refractivity contribution in [3.8, 4) is 22.7 Å². The fourth-order valence-corrected chi connectivity index (χ4v) is 4.02. The SMILES string of the molecule is N#Cc1cc(C#N)c(SCc2csc(-c3ccc(Cl)cc3)n2)[nH+]c1N. The molecule has 2 heterocycles. The average Bonchev–Trinajstić information content (AvgIpc) is 3.09. The molecule has 0 amide bonds. The first-order chi connectivity index (χ1) is 12.1. The zero-order chi connectivity index (χ0) is 17.8. The smallest absolute Gasteiger partial charge is 0.286 e. The molecule has 3 rings (SSSR count). The molecule has 0 aliphatic rings. The van der Waals surface area contributed by atoms with E-state index < -0.39 is 0 Å². The molecule has 2 aromatic heterocycles. The summed E-state index contributed by atoms with van der Waals surface area (Å²) < 4.78 is 0. The highest BCUT2D eigenvalue weighted by Crippen LogP contribution is 2.29. The number of aromatic nitrogens is 2. The second-order valence-corrected chi connectivity index (χ2v) is 7.28. The van der Waals surface area contributed by atoms with Crippen LogP contribution < -0.4 is 10.7 Å². The third kappa shape index (κ3) is 3.92. The van der Waals surface area contributed by atoms with E-state index in [1.165, 1.54) is 17.8 Å². The largest absolute Gasteiger partial charge is 0.289 e. The minimum absolute atomic E-state index is 0.254. The predicted molar refractivity (Wildman–Crippen MR) is 99.0 cm³/mol. The zero-order valence-electron chi connectivity index (χ0n) is 12.8. The van der Waals surface area contributed by atoms with E-state index in [0.717, 1.165) is 16.3 Å². The summed E-state index contributed by atoms with van der Waals surface area (Å²) >= 11 is 8.88. The summed E-state index contributed by atoms with van der Waals surface area (Å²) in [6, 6.07) is 13.1. The number of nitriles is 2. The van der Waals surface area contributed by atoms with Crippen molar-refractivity contribution in [2.45, 2.75) is 10.8 Å². The number of hydrogen-bond acceptors (Lipinski definition) is 6. The average molecular weight is 385 g/mol. The molecule has 0 aliphatic heterocycles. The highest BCUT2D eigenvalue weighted by molar-refractivity contribution is 7.98. The van der Waals surface area contributed by atoms with E-state index in [9.17, 15) is 5.26 Å². The van der Waals surface area contributed by atoms with Crippen LogP contribution >= 0.6 is 34.7 Å². The van der Waals surface area contributed by atoms with Crippen LogP contribution in [0.1, 0.15) is 16.8 Å². The van der Waals surface area contributed by atoms with E-state index in [1.54, 1.807) is 11.3 Å². The standard InChI is InChI=1S/C17H10ClN5S2/c18-13-3-1-10(2-4-13)16-22-14(8-24-16)9-25-17-12(7-20)5-11(6-19)15(21)23-17/h1-5,8H,9H2,(H2,21,23)/p+1. The molecular weight excluding hydrogens is 374 g/mol. The Bertz CT molecular complexity index is 999. The van der Waals surface area contributed by atoms with Crippen molar-refractivity contribution in [1.82, 2.24) is 4.98 Å². The Morgan fingerprint density at radius 2 is 1.92 bits per heavy atom. The molecular formula is C17H11ClN5S2+. The molecule has 8 heteroatoms. The molecule has 0 saturated carbocycles. The van der Waals surface area contributed by atoms with Gasteiger partial charge in [-0.25, -0.2) is 9.97 Å². The van der Waals surface area contributed by atoms with Crippen LogP contribution in [0.15, 0.2) is 40.7 Å². The van der Waals surface area contributed by atoms with Gasteiger partial charge in [0.2, 0.25) is 0 Å². The number of nitrogens with two attached hydrogens (primary N) is 1. The zero-order valence-corrected chi connectivity index (χ0v) is 15.2. The van der Waals surface area contributed by atoms with Crippen LogP contribution in [0.25, 0.3) is 10.6 Å². The number of H-pyrrole nitrogens is 1. The number of pyridine rings is 1. The van der Waals surface area contributed by atoms with Gasteiger partial charge in [-0.1, -0.05) is 35.5 Å². The van der Waals surface area contributed by atoms with Crippen LogP contribution in [-0.2, 0) is 5.75 Å². The summed E-state index contributed by atoms with van der Waals surface area (Å²) in [6.45, 7) is 0. The van der Waals surface area contributed by atoms with Crippen LogP contribution in [0.5, 0.6) is 0 Å². The summed E-state index contributed by atoms with van der Waals surface area (Å²) in [4.78, 5) is 7.53. The lowest BCUT2D eigenvalue weighted by Crippen LogP contribution is -2.16. The van der Waals surface area contributed by atoms with E-state index in [4.69, 9.17) is 22.6 Å². The molecule has 1 aromatic carbocycles. The van der Waals surface area contributed by atoms with Gasteiger partial charge in [0.05, 0.1) is 5.69 Å². The first kappa shape index (κ1) is 17.2. The summed E-state index contributed by atoms with van der Waals surface area (Å²) in [5.41, 5.74) is 8.36. The van der Waals surface area contributed by atoms with Gasteiger partial charge in [-0.2, -0.15) is 10.5 Å². The van der Waals surface area contributed by atoms with Crippen LogP contribution in [0.3, 0.4) is 0 Å². The second-order valence-electron chi connectivity index (χ2n) is 5.00. The number of nitrogen functional groups attached to an aromatic ring is 1. The molecule has 0 spiro atoms. The Kier molecular flexibility index (Phi) is 5.20. The molecule has 3 aromatic rings. The number of anilines is 1. The number of thiazole rings is 1. The van der Waals surface area contributed by atoms with Crippen molar-refractivity contribution in [3.05, 3.63) is 57.6 Å². The molecule has 0 atom stereocenters. The minimum Gasteiger partial charge on any atom is -0.286 e. The van der Waals surface area contributed by atoms with Gasteiger partial charge in [-0.05, 0) is 18.2 Å². The molecule has 5 nitrogen and oxygen atoms in total. The van der Waals surface area contributed by atoms with Crippen LogP contribution in [-0.4, -0.2) is 4.98 Å². The van der Waals surface area contributed by atoms with Gasteiger partial charge in [0.25, 0.3) is 5.82 Å². The summed E-state index contributed by atoms with van der Waals surface area (Å²) in [7, 11) is 0. The summed E-state index contributed by atoms with van der Waals surface area (Å²) in [5.74, 6) is 0.838. The van der Waals surface area contributed by atoms with Crippen molar-refractivity contribution in [2.24, 2.45) is 0 Å². The predicted octanol–water partition coefficient (Wildman–Crippen LogP) is 3.90. The fraction of sp³-hybridized carbons (Fsp3) is 0.0588. The van der Waals surface area contributed by atoms with Crippen molar-refractivity contribution >= 4 is 40.5 Å². The second kappa shape index (κ2) is 7.54. The van der Waals surface area contributed by atoms with E-state index in [2.05, 4.69) is 16.0 Å². The maximum atomic E-state index is 9.24. The van der Waals surface area contributed by atoms with Gasteiger partial charge in [-0.3, -0.25) is 5.73 Å². The van der Waals surface area contributed by atoms with Gasteiger partial charge in [0.15, 0.2) is 5.03 Å².